The number of rotatable bonds is 6. The van der Waals surface area contributed by atoms with E-state index in [4.69, 9.17) is 0 Å². The molecule has 0 radical (unpaired) electrons. The molecule has 1 aromatic carbocycles. The Labute approximate surface area is 191 Å². The van der Waals surface area contributed by atoms with Gasteiger partial charge in [-0.2, -0.15) is 5.10 Å². The standard InChI is InChI=1S/C26H36N4O2/c1-17(2)19-7-9-20(10-8-19)26(32,25(5)15-29(6)16-25)21-13-23(28-27-14-21)30-12-11-22(18(3)4)24(30)31/h7-10,13-14,17-18,22,32H,11-12,15-16H2,1-6H3/t22?,26-/m0/s1. The van der Waals surface area contributed by atoms with Gasteiger partial charge in [-0.1, -0.05) is 58.9 Å². The van der Waals surface area contributed by atoms with Crippen LogP contribution < -0.4 is 4.90 Å². The largest absolute Gasteiger partial charge is 0.380 e. The number of nitrogens with zero attached hydrogens (tertiary/aromatic N) is 4. The number of carbonyl (C=O) groups is 1. The van der Waals surface area contributed by atoms with Crippen molar-refractivity contribution in [3.05, 3.63) is 53.2 Å². The molecule has 0 saturated carbocycles. The van der Waals surface area contributed by atoms with Gasteiger partial charge in [-0.05, 0) is 42.5 Å². The highest BCUT2D eigenvalue weighted by Gasteiger charge is 2.55. The Morgan fingerprint density at radius 1 is 1.12 bits per heavy atom. The van der Waals surface area contributed by atoms with Crippen LogP contribution in [0.3, 0.4) is 0 Å². The van der Waals surface area contributed by atoms with Crippen LogP contribution in [0.15, 0.2) is 36.5 Å². The number of hydrogen-bond acceptors (Lipinski definition) is 5. The molecule has 6 heteroatoms. The summed E-state index contributed by atoms with van der Waals surface area (Å²) in [4.78, 5) is 16.9. The first-order valence-electron chi connectivity index (χ1n) is 11.7. The molecule has 0 aliphatic carbocycles. The molecule has 1 amide bonds. The number of aromatic nitrogens is 2. The van der Waals surface area contributed by atoms with Gasteiger partial charge < -0.3 is 10.0 Å². The SMILES string of the molecule is CC(C)c1ccc([C@](O)(c2cnnc(N3CCC(C(C)C)C3=O)c2)C2(C)CN(C)C2)cc1. The molecule has 4 rings (SSSR count). The van der Waals surface area contributed by atoms with Gasteiger partial charge in [-0.3, -0.25) is 9.69 Å². The lowest BCUT2D eigenvalue weighted by Crippen LogP contribution is -2.63. The van der Waals surface area contributed by atoms with Crippen molar-refractivity contribution >= 4 is 11.7 Å². The van der Waals surface area contributed by atoms with Gasteiger partial charge in [0.15, 0.2) is 5.82 Å². The molecule has 3 heterocycles. The molecule has 2 aliphatic rings. The number of hydrogen-bond donors (Lipinski definition) is 1. The maximum Gasteiger partial charge on any atom is 0.231 e. The van der Waals surface area contributed by atoms with Crippen LogP contribution in [-0.2, 0) is 10.4 Å². The average molecular weight is 437 g/mol. The van der Waals surface area contributed by atoms with Crippen molar-refractivity contribution in [1.29, 1.82) is 0 Å². The lowest BCUT2D eigenvalue weighted by Gasteiger charge is -2.55. The van der Waals surface area contributed by atoms with E-state index in [0.717, 1.165) is 25.1 Å². The third-order valence-corrected chi connectivity index (χ3v) is 7.49. The Bertz CT molecular complexity index is 982. The van der Waals surface area contributed by atoms with Gasteiger partial charge in [0, 0.05) is 36.5 Å². The van der Waals surface area contributed by atoms with Crippen LogP contribution in [0.1, 0.15) is 63.6 Å². The summed E-state index contributed by atoms with van der Waals surface area (Å²) in [6.45, 7) is 12.8. The molecule has 2 fully saturated rings. The van der Waals surface area contributed by atoms with Crippen LogP contribution in [0.2, 0.25) is 0 Å². The summed E-state index contributed by atoms with van der Waals surface area (Å²) >= 11 is 0. The molecule has 0 spiro atoms. The number of anilines is 1. The molecule has 6 nitrogen and oxygen atoms in total. The van der Waals surface area contributed by atoms with Crippen molar-refractivity contribution < 1.29 is 9.90 Å². The number of aliphatic hydroxyl groups is 1. The predicted molar refractivity (Wildman–Crippen MR) is 126 cm³/mol. The van der Waals surface area contributed by atoms with Crippen LogP contribution in [0.4, 0.5) is 5.82 Å². The topological polar surface area (TPSA) is 69.6 Å². The van der Waals surface area contributed by atoms with Gasteiger partial charge in [-0.25, -0.2) is 0 Å². The fourth-order valence-electron chi connectivity index (χ4n) is 5.58. The second-order valence-corrected chi connectivity index (χ2v) is 10.7. The van der Waals surface area contributed by atoms with Crippen molar-refractivity contribution in [2.24, 2.45) is 17.3 Å². The third-order valence-electron chi connectivity index (χ3n) is 7.49. The van der Waals surface area contributed by atoms with Gasteiger partial charge in [-0.15, -0.1) is 5.10 Å². The Kier molecular flexibility index (Phi) is 5.88. The minimum absolute atomic E-state index is 0.0146. The number of likely N-dealkylation sites (tertiary alicyclic amines) is 1. The van der Waals surface area contributed by atoms with Gasteiger partial charge in [0.05, 0.1) is 6.20 Å². The van der Waals surface area contributed by atoms with Crippen LogP contribution >= 0.6 is 0 Å². The van der Waals surface area contributed by atoms with Crippen molar-refractivity contribution in [3.8, 4) is 0 Å². The molecule has 1 N–H and O–H groups in total. The highest BCUT2D eigenvalue weighted by atomic mass is 16.3. The minimum Gasteiger partial charge on any atom is -0.380 e. The first-order valence-corrected chi connectivity index (χ1v) is 11.7. The van der Waals surface area contributed by atoms with Crippen molar-refractivity contribution in [1.82, 2.24) is 15.1 Å². The average Bonchev–Trinajstić information content (AvgIpc) is 3.14. The summed E-state index contributed by atoms with van der Waals surface area (Å²) in [5.41, 5.74) is 1.17. The number of carbonyl (C=O) groups excluding carboxylic acids is 1. The molecule has 2 saturated heterocycles. The molecule has 2 aromatic rings. The fourth-order valence-corrected chi connectivity index (χ4v) is 5.58. The molecule has 2 atom stereocenters. The molecular formula is C26H36N4O2. The van der Waals surface area contributed by atoms with E-state index >= 15 is 0 Å². The first-order chi connectivity index (χ1) is 15.1. The monoisotopic (exact) mass is 436 g/mol. The van der Waals surface area contributed by atoms with Crippen LogP contribution in [0.5, 0.6) is 0 Å². The Balaban J connectivity index is 1.76. The highest BCUT2D eigenvalue weighted by molar-refractivity contribution is 5.96. The van der Waals surface area contributed by atoms with Gasteiger partial charge in [0.2, 0.25) is 5.91 Å². The number of benzene rings is 1. The molecule has 0 bridgehead atoms. The normalized spacial score (nSPS) is 23.0. The Hall–Kier alpha value is -2.31. The quantitative estimate of drug-likeness (QED) is 0.746. The van der Waals surface area contributed by atoms with E-state index in [0.29, 0.717) is 29.8 Å². The van der Waals surface area contributed by atoms with Crippen molar-refractivity contribution in [2.45, 2.75) is 52.6 Å². The fraction of sp³-hybridized carbons (Fsp3) is 0.577. The summed E-state index contributed by atoms with van der Waals surface area (Å²) in [6, 6.07) is 10.1. The molecule has 32 heavy (non-hydrogen) atoms. The maximum atomic E-state index is 13.0. The van der Waals surface area contributed by atoms with Crippen molar-refractivity contribution in [3.63, 3.8) is 0 Å². The van der Waals surface area contributed by atoms with E-state index in [1.165, 1.54) is 5.56 Å². The number of amides is 1. The van der Waals surface area contributed by atoms with Crippen LogP contribution in [-0.4, -0.2) is 52.8 Å². The second-order valence-electron chi connectivity index (χ2n) is 10.7. The van der Waals surface area contributed by atoms with Crippen LogP contribution in [0.25, 0.3) is 0 Å². The molecule has 1 unspecified atom stereocenters. The van der Waals surface area contributed by atoms with E-state index in [2.05, 4.69) is 68.9 Å². The summed E-state index contributed by atoms with van der Waals surface area (Å²) in [6.07, 6.45) is 2.48. The van der Waals surface area contributed by atoms with Crippen molar-refractivity contribution in [2.75, 3.05) is 31.6 Å². The van der Waals surface area contributed by atoms with Gasteiger partial charge >= 0.3 is 0 Å². The van der Waals surface area contributed by atoms with E-state index < -0.39 is 5.60 Å². The maximum absolute atomic E-state index is 13.0. The minimum atomic E-state index is -1.24. The second kappa shape index (κ2) is 8.23. The molecule has 2 aliphatic heterocycles. The Morgan fingerprint density at radius 3 is 2.31 bits per heavy atom. The third kappa shape index (κ3) is 3.63. The lowest BCUT2D eigenvalue weighted by atomic mass is 9.62. The van der Waals surface area contributed by atoms with E-state index in [9.17, 15) is 9.90 Å². The van der Waals surface area contributed by atoms with E-state index in [-0.39, 0.29) is 17.2 Å². The van der Waals surface area contributed by atoms with Crippen LogP contribution in [0, 0.1) is 17.3 Å². The van der Waals surface area contributed by atoms with Gasteiger partial charge in [0.1, 0.15) is 5.60 Å². The zero-order valence-electron chi connectivity index (χ0n) is 20.2. The lowest BCUT2D eigenvalue weighted by molar-refractivity contribution is -0.127. The predicted octanol–water partition coefficient (Wildman–Crippen LogP) is 3.80. The zero-order chi connectivity index (χ0) is 23.3. The zero-order valence-corrected chi connectivity index (χ0v) is 20.2. The summed E-state index contributed by atoms with van der Waals surface area (Å²) < 4.78 is 0. The summed E-state index contributed by atoms with van der Waals surface area (Å²) in [7, 11) is 2.06. The highest BCUT2D eigenvalue weighted by Crippen LogP contribution is 2.50. The molecule has 1 aromatic heterocycles. The van der Waals surface area contributed by atoms with E-state index in [1.54, 1.807) is 11.1 Å². The smallest absolute Gasteiger partial charge is 0.231 e. The van der Waals surface area contributed by atoms with Gasteiger partial charge in [0.25, 0.3) is 0 Å². The van der Waals surface area contributed by atoms with E-state index in [1.807, 2.05) is 18.2 Å². The summed E-state index contributed by atoms with van der Waals surface area (Å²) in [5, 5.41) is 20.9. The molecular weight excluding hydrogens is 400 g/mol. The first kappa shape index (κ1) is 22.9. The molecule has 172 valence electrons. The Morgan fingerprint density at radius 2 is 1.78 bits per heavy atom. The summed E-state index contributed by atoms with van der Waals surface area (Å²) in [5.74, 6) is 1.37.